The van der Waals surface area contributed by atoms with Crippen LogP contribution in [0.5, 0.6) is 0 Å². The summed E-state index contributed by atoms with van der Waals surface area (Å²) in [5.41, 5.74) is 0.928. The van der Waals surface area contributed by atoms with Crippen LogP contribution in [0.4, 0.5) is 0 Å². The number of nitrogens with one attached hydrogen (secondary N) is 1. The van der Waals surface area contributed by atoms with Crippen molar-refractivity contribution in [3.63, 3.8) is 0 Å². The van der Waals surface area contributed by atoms with Crippen molar-refractivity contribution in [1.82, 2.24) is 5.32 Å². The number of hydrogen-bond acceptors (Lipinski definition) is 2. The number of aliphatic carboxylic acids is 1. The van der Waals surface area contributed by atoms with E-state index in [0.717, 1.165) is 12.0 Å². The molecule has 110 valence electrons. The molecule has 0 aliphatic carbocycles. The van der Waals surface area contributed by atoms with E-state index in [-0.39, 0.29) is 12.3 Å². The Morgan fingerprint density at radius 3 is 2.25 bits per heavy atom. The highest BCUT2D eigenvalue weighted by atomic mass is 16.4. The normalized spacial score (nSPS) is 11.2. The Labute approximate surface area is 120 Å². The molecule has 0 bridgehead atoms. The van der Waals surface area contributed by atoms with Gasteiger partial charge in [-0.2, -0.15) is 0 Å². The average Bonchev–Trinajstić information content (AvgIpc) is 2.45. The summed E-state index contributed by atoms with van der Waals surface area (Å²) in [5, 5.41) is 12.0. The Balaban J connectivity index is 2.99. The van der Waals surface area contributed by atoms with Crippen molar-refractivity contribution in [3.8, 4) is 0 Å². The second-order valence-corrected chi connectivity index (χ2v) is 5.02. The molecule has 0 fully saturated rings. The molecule has 1 rings (SSSR count). The monoisotopic (exact) mass is 277 g/mol. The molecule has 2 N–H and O–H groups in total. The molecule has 0 saturated heterocycles. The van der Waals surface area contributed by atoms with Gasteiger partial charge in [-0.1, -0.05) is 39.0 Å². The van der Waals surface area contributed by atoms with Crippen LogP contribution >= 0.6 is 0 Å². The molecule has 0 aliphatic rings. The molecule has 0 unspecified atom stereocenters. The SMILES string of the molecule is CCc1ccccc1C(=O)NC(CC)(CC)CC(=O)O. The van der Waals surface area contributed by atoms with Gasteiger partial charge in [0.05, 0.1) is 12.0 Å². The molecule has 0 saturated carbocycles. The number of carboxylic acid groups (broad SMARTS) is 1. The molecule has 0 heterocycles. The molecule has 4 nitrogen and oxygen atoms in total. The standard InChI is InChI=1S/C16H23NO3/c1-4-12-9-7-8-10-13(12)15(20)17-16(5-2,6-3)11-14(18)19/h7-10H,4-6,11H2,1-3H3,(H,17,20)(H,18,19). The minimum Gasteiger partial charge on any atom is -0.481 e. The molecule has 0 radical (unpaired) electrons. The van der Waals surface area contributed by atoms with Crippen LogP contribution in [0.15, 0.2) is 24.3 Å². The quantitative estimate of drug-likeness (QED) is 0.805. The van der Waals surface area contributed by atoms with Gasteiger partial charge in [-0.15, -0.1) is 0 Å². The van der Waals surface area contributed by atoms with E-state index in [1.807, 2.05) is 39.0 Å². The Bertz CT molecular complexity index is 478. The topological polar surface area (TPSA) is 66.4 Å². The zero-order chi connectivity index (χ0) is 15.2. The molecule has 1 aromatic rings. The highest BCUT2D eigenvalue weighted by Crippen LogP contribution is 2.21. The first kappa shape index (κ1) is 16.2. The van der Waals surface area contributed by atoms with Gasteiger partial charge in [-0.3, -0.25) is 9.59 Å². The second-order valence-electron chi connectivity index (χ2n) is 5.02. The maximum atomic E-state index is 12.4. The van der Waals surface area contributed by atoms with E-state index in [2.05, 4.69) is 5.32 Å². The predicted molar refractivity (Wildman–Crippen MR) is 78.9 cm³/mol. The van der Waals surface area contributed by atoms with E-state index in [4.69, 9.17) is 5.11 Å². The largest absolute Gasteiger partial charge is 0.481 e. The Morgan fingerprint density at radius 2 is 1.75 bits per heavy atom. The number of amides is 1. The van der Waals surface area contributed by atoms with E-state index in [0.29, 0.717) is 18.4 Å². The van der Waals surface area contributed by atoms with Crippen LogP contribution in [-0.4, -0.2) is 22.5 Å². The van der Waals surface area contributed by atoms with E-state index in [1.165, 1.54) is 0 Å². The molecular weight excluding hydrogens is 254 g/mol. The third-order valence-electron chi connectivity index (χ3n) is 3.86. The van der Waals surface area contributed by atoms with E-state index >= 15 is 0 Å². The highest BCUT2D eigenvalue weighted by Gasteiger charge is 2.31. The van der Waals surface area contributed by atoms with Gasteiger partial charge in [-0.25, -0.2) is 0 Å². The number of benzene rings is 1. The summed E-state index contributed by atoms with van der Waals surface area (Å²) < 4.78 is 0. The van der Waals surface area contributed by atoms with E-state index < -0.39 is 11.5 Å². The lowest BCUT2D eigenvalue weighted by Gasteiger charge is -2.31. The summed E-state index contributed by atoms with van der Waals surface area (Å²) in [6, 6.07) is 7.43. The van der Waals surface area contributed by atoms with Gasteiger partial charge >= 0.3 is 5.97 Å². The van der Waals surface area contributed by atoms with Gasteiger partial charge in [0.1, 0.15) is 0 Å². The first-order valence-electron chi connectivity index (χ1n) is 7.10. The minimum absolute atomic E-state index is 0.0555. The predicted octanol–water partition coefficient (Wildman–Crippen LogP) is 3.01. The van der Waals surface area contributed by atoms with Crippen molar-refractivity contribution in [2.75, 3.05) is 0 Å². The van der Waals surface area contributed by atoms with Crippen molar-refractivity contribution < 1.29 is 14.7 Å². The van der Waals surface area contributed by atoms with Crippen LogP contribution in [-0.2, 0) is 11.2 Å². The fraction of sp³-hybridized carbons (Fsp3) is 0.500. The minimum atomic E-state index is -0.891. The zero-order valence-corrected chi connectivity index (χ0v) is 12.4. The van der Waals surface area contributed by atoms with Gasteiger partial charge in [0, 0.05) is 5.56 Å². The van der Waals surface area contributed by atoms with Crippen LogP contribution in [0.2, 0.25) is 0 Å². The fourth-order valence-electron chi connectivity index (χ4n) is 2.37. The van der Waals surface area contributed by atoms with Gasteiger partial charge in [0.2, 0.25) is 0 Å². The first-order chi connectivity index (χ1) is 9.48. The molecule has 0 atom stereocenters. The summed E-state index contributed by atoms with van der Waals surface area (Å²) in [6.07, 6.45) is 1.90. The maximum absolute atomic E-state index is 12.4. The number of aryl methyl sites for hydroxylation is 1. The molecule has 1 amide bonds. The van der Waals surface area contributed by atoms with E-state index in [1.54, 1.807) is 6.07 Å². The van der Waals surface area contributed by atoms with Gasteiger partial charge < -0.3 is 10.4 Å². The van der Waals surface area contributed by atoms with Crippen LogP contribution in [0.1, 0.15) is 56.0 Å². The lowest BCUT2D eigenvalue weighted by atomic mass is 9.88. The highest BCUT2D eigenvalue weighted by molar-refractivity contribution is 5.96. The summed E-state index contributed by atoms with van der Waals surface area (Å²) in [5.74, 6) is -1.08. The van der Waals surface area contributed by atoms with Crippen molar-refractivity contribution in [1.29, 1.82) is 0 Å². The number of hydrogen-bond donors (Lipinski definition) is 2. The van der Waals surface area contributed by atoms with Crippen molar-refractivity contribution in [2.45, 2.75) is 52.0 Å². The van der Waals surface area contributed by atoms with Crippen molar-refractivity contribution in [3.05, 3.63) is 35.4 Å². The summed E-state index contributed by atoms with van der Waals surface area (Å²) >= 11 is 0. The fourth-order valence-corrected chi connectivity index (χ4v) is 2.37. The van der Waals surface area contributed by atoms with Crippen LogP contribution in [0, 0.1) is 0 Å². The first-order valence-corrected chi connectivity index (χ1v) is 7.10. The summed E-state index contributed by atoms with van der Waals surface area (Å²) in [6.45, 7) is 5.80. The van der Waals surface area contributed by atoms with Gasteiger partial charge in [0.25, 0.3) is 5.91 Å². The van der Waals surface area contributed by atoms with Gasteiger partial charge in [-0.05, 0) is 30.9 Å². The summed E-state index contributed by atoms with van der Waals surface area (Å²) in [7, 11) is 0. The molecule has 0 aliphatic heterocycles. The third-order valence-corrected chi connectivity index (χ3v) is 3.86. The number of carbonyl (C=O) groups excluding carboxylic acids is 1. The van der Waals surface area contributed by atoms with Crippen LogP contribution < -0.4 is 5.32 Å². The van der Waals surface area contributed by atoms with Crippen molar-refractivity contribution >= 4 is 11.9 Å². The average molecular weight is 277 g/mol. The molecule has 20 heavy (non-hydrogen) atoms. The zero-order valence-electron chi connectivity index (χ0n) is 12.4. The molecule has 0 spiro atoms. The van der Waals surface area contributed by atoms with Crippen molar-refractivity contribution in [2.24, 2.45) is 0 Å². The maximum Gasteiger partial charge on any atom is 0.305 e. The van der Waals surface area contributed by atoms with Crippen LogP contribution in [0.3, 0.4) is 0 Å². The lowest BCUT2D eigenvalue weighted by Crippen LogP contribution is -2.49. The Kier molecular flexibility index (Phi) is 5.74. The number of rotatable bonds is 7. The Hall–Kier alpha value is -1.84. The summed E-state index contributed by atoms with van der Waals surface area (Å²) in [4.78, 5) is 23.5. The smallest absolute Gasteiger partial charge is 0.305 e. The van der Waals surface area contributed by atoms with Crippen LogP contribution in [0.25, 0.3) is 0 Å². The third kappa shape index (κ3) is 3.83. The number of carboxylic acids is 1. The number of carbonyl (C=O) groups is 2. The lowest BCUT2D eigenvalue weighted by molar-refractivity contribution is -0.138. The molecule has 1 aromatic carbocycles. The Morgan fingerprint density at radius 1 is 1.15 bits per heavy atom. The molecule has 0 aromatic heterocycles. The molecular formula is C16H23NO3. The van der Waals surface area contributed by atoms with E-state index in [9.17, 15) is 9.59 Å². The molecule has 4 heteroatoms. The second kappa shape index (κ2) is 7.08. The van der Waals surface area contributed by atoms with Gasteiger partial charge in [0.15, 0.2) is 0 Å².